The molecule has 1 nitrogen and oxygen atoms in total. The van der Waals surface area contributed by atoms with Crippen LogP contribution in [0.25, 0.3) is 10.9 Å². The zero-order chi connectivity index (χ0) is 9.97. The second kappa shape index (κ2) is 4.09. The number of fused-ring (bicyclic) bond motifs is 1. The van der Waals surface area contributed by atoms with Gasteiger partial charge in [-0.1, -0.05) is 25.1 Å². The fourth-order valence-electron chi connectivity index (χ4n) is 1.74. The molecular weight excluding hydrogens is 190 g/mol. The van der Waals surface area contributed by atoms with Crippen molar-refractivity contribution in [2.45, 2.75) is 13.3 Å². The Hall–Kier alpha value is -0.890. The Morgan fingerprint density at radius 3 is 2.93 bits per heavy atom. The molecule has 74 valence electrons. The van der Waals surface area contributed by atoms with Crippen molar-refractivity contribution >= 4 is 23.5 Å². The Morgan fingerprint density at radius 1 is 1.36 bits per heavy atom. The molecule has 2 heteroatoms. The number of hydrogen-bond donors (Lipinski definition) is 2. The summed E-state index contributed by atoms with van der Waals surface area (Å²) in [5.41, 5.74) is 2.64. The van der Waals surface area contributed by atoms with Gasteiger partial charge in [-0.05, 0) is 29.7 Å². The van der Waals surface area contributed by atoms with Gasteiger partial charge in [0.05, 0.1) is 0 Å². The van der Waals surface area contributed by atoms with Crippen LogP contribution in [0.3, 0.4) is 0 Å². The molecule has 0 saturated heterocycles. The van der Waals surface area contributed by atoms with Crippen molar-refractivity contribution in [2.75, 3.05) is 5.75 Å². The highest BCUT2D eigenvalue weighted by molar-refractivity contribution is 7.80. The van der Waals surface area contributed by atoms with E-state index in [1.807, 2.05) is 0 Å². The van der Waals surface area contributed by atoms with Crippen LogP contribution in [0, 0.1) is 5.92 Å². The third kappa shape index (κ3) is 1.80. The van der Waals surface area contributed by atoms with Crippen molar-refractivity contribution in [3.63, 3.8) is 0 Å². The van der Waals surface area contributed by atoms with Crippen molar-refractivity contribution in [3.05, 3.63) is 36.0 Å². The van der Waals surface area contributed by atoms with Gasteiger partial charge in [0.1, 0.15) is 0 Å². The van der Waals surface area contributed by atoms with Gasteiger partial charge in [-0.2, -0.15) is 12.6 Å². The fourth-order valence-corrected chi connectivity index (χ4v) is 1.87. The van der Waals surface area contributed by atoms with Crippen LogP contribution < -0.4 is 0 Å². The third-order valence-corrected chi connectivity index (χ3v) is 3.18. The van der Waals surface area contributed by atoms with E-state index in [1.54, 1.807) is 0 Å². The number of aromatic amines is 1. The first-order valence-electron chi connectivity index (χ1n) is 4.97. The molecule has 0 radical (unpaired) electrons. The Kier molecular flexibility index (Phi) is 2.82. The zero-order valence-electron chi connectivity index (χ0n) is 8.33. The van der Waals surface area contributed by atoms with E-state index in [9.17, 15) is 0 Å². The molecule has 0 saturated carbocycles. The molecule has 2 aromatic rings. The van der Waals surface area contributed by atoms with Crippen LogP contribution in [-0.2, 0) is 6.42 Å². The van der Waals surface area contributed by atoms with Crippen LogP contribution in [-0.4, -0.2) is 10.7 Å². The Morgan fingerprint density at radius 2 is 2.14 bits per heavy atom. The van der Waals surface area contributed by atoms with Gasteiger partial charge in [-0.25, -0.2) is 0 Å². The predicted octanol–water partition coefficient (Wildman–Crippen LogP) is 3.28. The van der Waals surface area contributed by atoms with Crippen LogP contribution in [0.1, 0.15) is 12.5 Å². The quantitative estimate of drug-likeness (QED) is 0.715. The molecule has 0 aliphatic carbocycles. The van der Waals surface area contributed by atoms with E-state index >= 15 is 0 Å². The van der Waals surface area contributed by atoms with Crippen molar-refractivity contribution in [1.82, 2.24) is 4.98 Å². The molecule has 0 aliphatic heterocycles. The molecule has 0 fully saturated rings. The maximum Gasteiger partial charge on any atom is 0.0456 e. The Bertz CT molecular complexity index is 419. The minimum Gasteiger partial charge on any atom is -0.361 e. The molecule has 0 unspecified atom stereocenters. The molecule has 1 atom stereocenters. The van der Waals surface area contributed by atoms with Gasteiger partial charge in [-0.15, -0.1) is 0 Å². The van der Waals surface area contributed by atoms with E-state index in [1.165, 1.54) is 16.5 Å². The number of rotatable bonds is 3. The highest BCUT2D eigenvalue weighted by Crippen LogP contribution is 2.20. The van der Waals surface area contributed by atoms with Crippen molar-refractivity contribution in [3.8, 4) is 0 Å². The first-order valence-corrected chi connectivity index (χ1v) is 5.60. The lowest BCUT2D eigenvalue weighted by Gasteiger charge is -2.05. The van der Waals surface area contributed by atoms with Gasteiger partial charge in [0.2, 0.25) is 0 Å². The number of aromatic nitrogens is 1. The average molecular weight is 205 g/mol. The first-order chi connectivity index (χ1) is 6.81. The number of para-hydroxylation sites is 1. The normalized spacial score (nSPS) is 13.3. The lowest BCUT2D eigenvalue weighted by molar-refractivity contribution is 0.663. The van der Waals surface area contributed by atoms with Crippen LogP contribution in [0.5, 0.6) is 0 Å². The van der Waals surface area contributed by atoms with Gasteiger partial charge in [0.15, 0.2) is 0 Å². The van der Waals surface area contributed by atoms with Gasteiger partial charge in [0.25, 0.3) is 0 Å². The second-order valence-electron chi connectivity index (χ2n) is 3.85. The lowest BCUT2D eigenvalue weighted by atomic mass is 10.0. The summed E-state index contributed by atoms with van der Waals surface area (Å²) in [4.78, 5) is 3.29. The number of H-pyrrole nitrogens is 1. The highest BCUT2D eigenvalue weighted by Gasteiger charge is 2.06. The Labute approximate surface area is 89.9 Å². The monoisotopic (exact) mass is 205 g/mol. The van der Waals surface area contributed by atoms with Gasteiger partial charge in [-0.3, -0.25) is 0 Å². The van der Waals surface area contributed by atoms with E-state index in [2.05, 4.69) is 55.0 Å². The van der Waals surface area contributed by atoms with Crippen molar-refractivity contribution in [2.24, 2.45) is 5.92 Å². The van der Waals surface area contributed by atoms with Crippen LogP contribution in [0.15, 0.2) is 30.5 Å². The summed E-state index contributed by atoms with van der Waals surface area (Å²) in [5, 5.41) is 1.35. The van der Waals surface area contributed by atoms with Crippen LogP contribution in [0.4, 0.5) is 0 Å². The second-order valence-corrected chi connectivity index (χ2v) is 4.22. The zero-order valence-corrected chi connectivity index (χ0v) is 9.22. The predicted molar refractivity (Wildman–Crippen MR) is 65.0 cm³/mol. The first kappa shape index (κ1) is 9.66. The molecule has 1 aromatic carbocycles. The largest absolute Gasteiger partial charge is 0.361 e. The minimum absolute atomic E-state index is 0.637. The number of benzene rings is 1. The summed E-state index contributed by atoms with van der Waals surface area (Å²) < 4.78 is 0. The summed E-state index contributed by atoms with van der Waals surface area (Å²) >= 11 is 4.31. The van der Waals surface area contributed by atoms with Crippen LogP contribution in [0.2, 0.25) is 0 Å². The molecule has 2 rings (SSSR count). The number of nitrogens with one attached hydrogen (secondary N) is 1. The molecule has 0 amide bonds. The molecule has 14 heavy (non-hydrogen) atoms. The summed E-state index contributed by atoms with van der Waals surface area (Å²) in [6.07, 6.45) is 3.22. The van der Waals surface area contributed by atoms with Gasteiger partial charge in [0, 0.05) is 17.1 Å². The van der Waals surface area contributed by atoms with E-state index in [0.717, 1.165) is 12.2 Å². The van der Waals surface area contributed by atoms with E-state index in [-0.39, 0.29) is 0 Å². The molecule has 0 bridgehead atoms. The van der Waals surface area contributed by atoms with E-state index < -0.39 is 0 Å². The van der Waals surface area contributed by atoms with Crippen LogP contribution >= 0.6 is 12.6 Å². The third-order valence-electron chi connectivity index (χ3n) is 2.55. The number of hydrogen-bond acceptors (Lipinski definition) is 1. The van der Waals surface area contributed by atoms with E-state index in [0.29, 0.717) is 5.92 Å². The van der Waals surface area contributed by atoms with Crippen molar-refractivity contribution < 1.29 is 0 Å². The Balaban J connectivity index is 2.33. The van der Waals surface area contributed by atoms with E-state index in [4.69, 9.17) is 0 Å². The summed E-state index contributed by atoms with van der Waals surface area (Å²) in [6.45, 7) is 2.23. The maximum absolute atomic E-state index is 4.31. The summed E-state index contributed by atoms with van der Waals surface area (Å²) in [6, 6.07) is 8.44. The smallest absolute Gasteiger partial charge is 0.0456 e. The van der Waals surface area contributed by atoms with Crippen molar-refractivity contribution in [1.29, 1.82) is 0 Å². The molecular formula is C12H15NS. The highest BCUT2D eigenvalue weighted by atomic mass is 32.1. The minimum atomic E-state index is 0.637. The fraction of sp³-hybridized carbons (Fsp3) is 0.333. The van der Waals surface area contributed by atoms with Gasteiger partial charge >= 0.3 is 0 Å². The SMILES string of the molecule is C[C@@H](CS)Cc1c[nH]c2ccccc12. The summed E-state index contributed by atoms with van der Waals surface area (Å²) in [5.74, 6) is 1.58. The standard InChI is InChI=1S/C12H15NS/c1-9(8-14)6-10-7-13-12-5-3-2-4-11(10)12/h2-5,7,9,13-14H,6,8H2,1H3/t9-/m1/s1. The molecule has 1 heterocycles. The molecule has 1 N–H and O–H groups in total. The summed E-state index contributed by atoms with van der Waals surface area (Å²) in [7, 11) is 0. The molecule has 0 spiro atoms. The number of thiol groups is 1. The van der Waals surface area contributed by atoms with Gasteiger partial charge < -0.3 is 4.98 Å². The molecule has 0 aliphatic rings. The maximum atomic E-state index is 4.31. The lowest BCUT2D eigenvalue weighted by Crippen LogP contribution is -1.99. The molecule has 1 aromatic heterocycles. The average Bonchev–Trinajstić information content (AvgIpc) is 2.62. The topological polar surface area (TPSA) is 15.8 Å².